The van der Waals surface area contributed by atoms with E-state index >= 15 is 0 Å². The minimum Gasteiger partial charge on any atom is -0.494 e. The summed E-state index contributed by atoms with van der Waals surface area (Å²) in [6.07, 6.45) is 15.8. The second kappa shape index (κ2) is 12.4. The normalized spacial score (nSPS) is 23.1. The SMILES string of the molecule is COc1cc(N2CCOCC2)ccc1NN1C=C2NNC(C3C=C(NS(C)(=O)=O)C=CC3)=C2N(NC2CCCCC2)C1. The van der Waals surface area contributed by atoms with E-state index in [-0.39, 0.29) is 5.92 Å². The number of hydrazine groups is 3. The highest BCUT2D eigenvalue weighted by Gasteiger charge is 2.35. The van der Waals surface area contributed by atoms with Gasteiger partial charge in [0.2, 0.25) is 10.0 Å². The van der Waals surface area contributed by atoms with Crippen LogP contribution in [-0.2, 0) is 14.8 Å². The molecule has 2 aliphatic carbocycles. The molecule has 0 aromatic heterocycles. The number of ether oxygens (including phenoxy) is 2. The van der Waals surface area contributed by atoms with Crippen molar-refractivity contribution in [3.05, 3.63) is 65.4 Å². The number of anilines is 2. The first kappa shape index (κ1) is 28.6. The van der Waals surface area contributed by atoms with E-state index in [1.807, 2.05) is 23.2 Å². The molecule has 3 aliphatic heterocycles. The van der Waals surface area contributed by atoms with Crippen molar-refractivity contribution in [2.75, 3.05) is 56.7 Å². The molecule has 5 N–H and O–H groups in total. The highest BCUT2D eigenvalue weighted by Crippen LogP contribution is 2.35. The zero-order chi connectivity index (χ0) is 29.1. The number of nitrogens with one attached hydrogen (secondary N) is 5. The molecule has 3 heterocycles. The molecule has 42 heavy (non-hydrogen) atoms. The molecule has 1 atom stereocenters. The van der Waals surface area contributed by atoms with E-state index in [0.29, 0.717) is 18.4 Å². The van der Waals surface area contributed by atoms with Gasteiger partial charge in [0.05, 0.1) is 49.9 Å². The molecule has 12 nitrogen and oxygen atoms in total. The van der Waals surface area contributed by atoms with Crippen molar-refractivity contribution in [2.45, 2.75) is 44.6 Å². The molecule has 0 bridgehead atoms. The Hall–Kier alpha value is -3.55. The molecular weight excluding hydrogens is 556 g/mol. The number of rotatable bonds is 9. The van der Waals surface area contributed by atoms with Crippen LogP contribution < -0.4 is 36.1 Å². The predicted octanol–water partition coefficient (Wildman–Crippen LogP) is 2.44. The van der Waals surface area contributed by atoms with Gasteiger partial charge in [-0.25, -0.2) is 13.8 Å². The van der Waals surface area contributed by atoms with Gasteiger partial charge < -0.3 is 19.8 Å². The first-order valence-electron chi connectivity index (χ1n) is 14.8. The van der Waals surface area contributed by atoms with Crippen LogP contribution in [0.25, 0.3) is 0 Å². The van der Waals surface area contributed by atoms with Crippen LogP contribution in [0.4, 0.5) is 11.4 Å². The quantitative estimate of drug-likeness (QED) is 0.288. The maximum Gasteiger partial charge on any atom is 0.229 e. The lowest BCUT2D eigenvalue weighted by atomic mass is 9.94. The molecule has 5 aliphatic rings. The van der Waals surface area contributed by atoms with E-state index in [2.05, 4.69) is 60.7 Å². The molecule has 0 spiro atoms. The smallest absolute Gasteiger partial charge is 0.229 e. The van der Waals surface area contributed by atoms with E-state index in [4.69, 9.17) is 9.47 Å². The number of benzene rings is 1. The van der Waals surface area contributed by atoms with Crippen LogP contribution in [0.5, 0.6) is 5.75 Å². The Balaban J connectivity index is 1.27. The Labute approximate surface area is 248 Å². The third-order valence-corrected chi connectivity index (χ3v) is 8.81. The van der Waals surface area contributed by atoms with Gasteiger partial charge in [0.25, 0.3) is 0 Å². The summed E-state index contributed by atoms with van der Waals surface area (Å²) in [5.74, 6) is 0.754. The number of allylic oxidation sites excluding steroid dienone is 3. The average Bonchev–Trinajstić information content (AvgIpc) is 3.42. The number of nitrogens with zero attached hydrogens (tertiary/aromatic N) is 3. The largest absolute Gasteiger partial charge is 0.494 e. The van der Waals surface area contributed by atoms with E-state index < -0.39 is 10.0 Å². The Bertz CT molecular complexity index is 1380. The topological polar surface area (TPSA) is 122 Å². The highest BCUT2D eigenvalue weighted by atomic mass is 32.2. The number of hydrogen-bond donors (Lipinski definition) is 5. The van der Waals surface area contributed by atoms with Gasteiger partial charge in [-0.15, -0.1) is 0 Å². The second-order valence-electron chi connectivity index (χ2n) is 11.4. The Morgan fingerprint density at radius 3 is 2.67 bits per heavy atom. The van der Waals surface area contributed by atoms with Crippen molar-refractivity contribution in [1.29, 1.82) is 0 Å². The molecule has 0 amide bonds. The van der Waals surface area contributed by atoms with Crippen LogP contribution in [0.2, 0.25) is 0 Å². The fourth-order valence-electron chi connectivity index (χ4n) is 6.21. The van der Waals surface area contributed by atoms with Gasteiger partial charge in [0, 0.05) is 42.5 Å². The van der Waals surface area contributed by atoms with Crippen LogP contribution >= 0.6 is 0 Å². The molecule has 2 fully saturated rings. The Kier molecular flexibility index (Phi) is 8.41. The molecule has 1 aromatic rings. The minimum atomic E-state index is -3.37. The number of hydrogen-bond acceptors (Lipinski definition) is 11. The summed E-state index contributed by atoms with van der Waals surface area (Å²) >= 11 is 0. The molecule has 228 valence electrons. The van der Waals surface area contributed by atoms with Gasteiger partial charge in [-0.1, -0.05) is 31.4 Å². The van der Waals surface area contributed by atoms with Crippen molar-refractivity contribution in [2.24, 2.45) is 5.92 Å². The second-order valence-corrected chi connectivity index (χ2v) is 13.1. The molecule has 1 aromatic carbocycles. The molecule has 13 heteroatoms. The Morgan fingerprint density at radius 2 is 1.90 bits per heavy atom. The Morgan fingerprint density at radius 1 is 1.10 bits per heavy atom. The lowest BCUT2D eigenvalue weighted by molar-refractivity contribution is 0.121. The lowest BCUT2D eigenvalue weighted by Gasteiger charge is -2.40. The van der Waals surface area contributed by atoms with E-state index in [1.54, 1.807) is 7.11 Å². The van der Waals surface area contributed by atoms with Crippen molar-refractivity contribution < 1.29 is 17.9 Å². The molecular formula is C29H42N8O4S. The molecule has 1 saturated carbocycles. The zero-order valence-corrected chi connectivity index (χ0v) is 25.2. The fraction of sp³-hybridized carbons (Fsp3) is 0.517. The lowest BCUT2D eigenvalue weighted by Crippen LogP contribution is -2.52. The summed E-state index contributed by atoms with van der Waals surface area (Å²) in [5.41, 5.74) is 19.7. The molecule has 6 rings (SSSR count). The summed E-state index contributed by atoms with van der Waals surface area (Å²) in [5, 5.41) is 4.26. The van der Waals surface area contributed by atoms with Gasteiger partial charge in [0.15, 0.2) is 0 Å². The van der Waals surface area contributed by atoms with Crippen molar-refractivity contribution in [1.82, 2.24) is 31.0 Å². The molecule has 1 saturated heterocycles. The van der Waals surface area contributed by atoms with Crippen LogP contribution in [0, 0.1) is 5.92 Å². The summed E-state index contributed by atoms with van der Waals surface area (Å²) < 4.78 is 37.7. The third-order valence-electron chi connectivity index (χ3n) is 8.20. The van der Waals surface area contributed by atoms with Crippen molar-refractivity contribution in [3.8, 4) is 5.75 Å². The van der Waals surface area contributed by atoms with Crippen molar-refractivity contribution in [3.63, 3.8) is 0 Å². The van der Waals surface area contributed by atoms with Gasteiger partial charge in [-0.2, -0.15) is 0 Å². The van der Waals surface area contributed by atoms with E-state index in [1.165, 1.54) is 25.5 Å². The molecule has 0 radical (unpaired) electrons. The van der Waals surface area contributed by atoms with Crippen LogP contribution in [0.15, 0.2) is 65.4 Å². The maximum atomic E-state index is 11.9. The van der Waals surface area contributed by atoms with E-state index in [9.17, 15) is 8.42 Å². The standard InChI is InChI=1S/C29H42N8O4S/c1-40-27-18-24(35-13-15-41-16-14-35)11-12-25(27)33-36-19-26-29(37(20-36)32-22-8-4-3-5-9-22)28(31-30-26)21-7-6-10-23(17-21)34-42(2,38)39/h6,10-12,17-19,21-22,30-34H,3-5,7-9,13-16,20H2,1-2H3. The number of methoxy groups -OCH3 is 1. The third kappa shape index (κ3) is 6.58. The number of fused-ring (bicyclic) bond motifs is 1. The summed E-state index contributed by atoms with van der Waals surface area (Å²) in [6.45, 7) is 3.74. The summed E-state index contributed by atoms with van der Waals surface area (Å²) in [4.78, 5) is 2.31. The van der Waals surface area contributed by atoms with Gasteiger partial charge in [-0.05, 0) is 37.5 Å². The monoisotopic (exact) mass is 598 g/mol. The number of morpholine rings is 1. The summed E-state index contributed by atoms with van der Waals surface area (Å²) in [7, 11) is -1.67. The average molecular weight is 599 g/mol. The fourth-order valence-corrected chi connectivity index (χ4v) is 6.77. The van der Waals surface area contributed by atoms with Gasteiger partial charge in [-0.3, -0.25) is 25.6 Å². The van der Waals surface area contributed by atoms with Crippen LogP contribution in [0.3, 0.4) is 0 Å². The van der Waals surface area contributed by atoms with Crippen molar-refractivity contribution >= 4 is 21.4 Å². The van der Waals surface area contributed by atoms with E-state index in [0.717, 1.165) is 79.8 Å². The summed E-state index contributed by atoms with van der Waals surface area (Å²) in [6, 6.07) is 6.65. The van der Waals surface area contributed by atoms with Gasteiger partial charge in [0.1, 0.15) is 18.1 Å². The van der Waals surface area contributed by atoms with Crippen LogP contribution in [0.1, 0.15) is 38.5 Å². The zero-order valence-electron chi connectivity index (χ0n) is 24.4. The predicted molar refractivity (Wildman–Crippen MR) is 163 cm³/mol. The first-order chi connectivity index (χ1) is 20.4. The van der Waals surface area contributed by atoms with Crippen LogP contribution in [-0.4, -0.2) is 70.8 Å². The first-order valence-corrected chi connectivity index (χ1v) is 16.7. The highest BCUT2D eigenvalue weighted by molar-refractivity contribution is 7.88. The minimum absolute atomic E-state index is 0.0179. The van der Waals surface area contributed by atoms with Gasteiger partial charge >= 0.3 is 0 Å². The number of sulfonamides is 1. The molecule has 1 unspecified atom stereocenters. The maximum absolute atomic E-state index is 11.9.